The molecule has 1 saturated heterocycles. The minimum absolute atomic E-state index is 0.309. The standard InChI is InChI=1S/C44H42N2O5/c1-7-43(8-2)37-25-30(45-3)13-18-33(37)40-35-26-38(46-21-23-50-24-22-46)39(49-6)27-36(35)42-34(41(40)43)19-20-44(51-42,28-9-14-31(47-4)15-10-28)29-11-16-32(48-5)17-12-29/h9-20,25-27H,7-8,21-24H2,1-2,4-6H3. The van der Waals surface area contributed by atoms with Gasteiger partial charge in [-0.25, -0.2) is 4.85 Å². The third kappa shape index (κ3) is 4.88. The fraction of sp³-hybridized carbons (Fsp3) is 0.295. The number of morpholine rings is 1. The van der Waals surface area contributed by atoms with Crippen molar-refractivity contribution in [1.82, 2.24) is 0 Å². The number of anilines is 1. The van der Waals surface area contributed by atoms with Crippen molar-refractivity contribution >= 4 is 28.2 Å². The molecule has 0 N–H and O–H groups in total. The molecule has 0 amide bonds. The number of rotatable bonds is 8. The zero-order valence-corrected chi connectivity index (χ0v) is 29.8. The summed E-state index contributed by atoms with van der Waals surface area (Å²) in [7, 11) is 5.10. The van der Waals surface area contributed by atoms with Crippen LogP contribution in [0.2, 0.25) is 0 Å². The first-order valence-electron chi connectivity index (χ1n) is 17.7. The van der Waals surface area contributed by atoms with E-state index in [2.05, 4.69) is 84.3 Å². The first-order chi connectivity index (χ1) is 24.9. The van der Waals surface area contributed by atoms with E-state index in [0.29, 0.717) is 18.9 Å². The lowest BCUT2D eigenvalue weighted by Gasteiger charge is -2.39. The number of methoxy groups -OCH3 is 3. The lowest BCUT2D eigenvalue weighted by Crippen LogP contribution is -2.36. The molecule has 0 atom stereocenters. The average Bonchev–Trinajstić information content (AvgIpc) is 3.50. The van der Waals surface area contributed by atoms with Crippen molar-refractivity contribution in [3.05, 3.63) is 124 Å². The summed E-state index contributed by atoms with van der Waals surface area (Å²) in [5.74, 6) is 3.16. The van der Waals surface area contributed by atoms with Gasteiger partial charge in [0, 0.05) is 40.6 Å². The van der Waals surface area contributed by atoms with Crippen molar-refractivity contribution in [3.8, 4) is 34.1 Å². The average molecular weight is 679 g/mol. The molecule has 1 fully saturated rings. The monoisotopic (exact) mass is 678 g/mol. The number of ether oxygens (including phenoxy) is 5. The van der Waals surface area contributed by atoms with Crippen molar-refractivity contribution in [2.45, 2.75) is 37.7 Å². The number of hydrogen-bond donors (Lipinski definition) is 0. The van der Waals surface area contributed by atoms with Gasteiger partial charge in [0.25, 0.3) is 0 Å². The van der Waals surface area contributed by atoms with Crippen LogP contribution in [0.15, 0.2) is 84.9 Å². The van der Waals surface area contributed by atoms with E-state index in [9.17, 15) is 0 Å². The van der Waals surface area contributed by atoms with E-state index in [1.807, 2.05) is 30.3 Å². The van der Waals surface area contributed by atoms with E-state index in [4.69, 9.17) is 30.3 Å². The second-order valence-corrected chi connectivity index (χ2v) is 13.4. The Hall–Kier alpha value is -5.45. The second-order valence-electron chi connectivity index (χ2n) is 13.4. The number of hydrogen-bond acceptors (Lipinski definition) is 6. The van der Waals surface area contributed by atoms with E-state index in [0.717, 1.165) is 82.1 Å². The van der Waals surface area contributed by atoms with Crippen molar-refractivity contribution in [2.75, 3.05) is 52.5 Å². The number of benzene rings is 5. The van der Waals surface area contributed by atoms with Crippen molar-refractivity contribution in [2.24, 2.45) is 0 Å². The maximum Gasteiger partial charge on any atom is 0.187 e. The molecule has 3 aliphatic rings. The zero-order chi connectivity index (χ0) is 35.3. The minimum atomic E-state index is -0.952. The third-order valence-corrected chi connectivity index (χ3v) is 11.3. The SMILES string of the molecule is [C-]#[N+]c1ccc2c(c1)C(CC)(CC)c1c3c(c4cc(OC)c(N5CCOCC5)cc4c1-2)OC(c1ccc(OC)cc1)(c1ccc(OC)cc1)C=C3. The molecule has 0 aromatic heterocycles. The molecule has 5 aromatic rings. The molecule has 2 aliphatic heterocycles. The maximum atomic E-state index is 7.89. The molecule has 7 nitrogen and oxygen atoms in total. The molecule has 1 aliphatic carbocycles. The lowest BCUT2D eigenvalue weighted by molar-refractivity contribution is 0.122. The molecule has 7 heteroatoms. The van der Waals surface area contributed by atoms with E-state index < -0.39 is 5.60 Å². The smallest absolute Gasteiger partial charge is 0.187 e. The summed E-state index contributed by atoms with van der Waals surface area (Å²) in [5.41, 5.74) is 8.34. The van der Waals surface area contributed by atoms with Crippen LogP contribution in [0.4, 0.5) is 11.4 Å². The molecule has 0 saturated carbocycles. The van der Waals surface area contributed by atoms with Gasteiger partial charge in [-0.2, -0.15) is 0 Å². The van der Waals surface area contributed by atoms with E-state index in [-0.39, 0.29) is 5.41 Å². The first-order valence-corrected chi connectivity index (χ1v) is 17.7. The molecule has 5 aromatic carbocycles. The highest BCUT2D eigenvalue weighted by molar-refractivity contribution is 6.10. The van der Waals surface area contributed by atoms with Crippen LogP contribution in [-0.4, -0.2) is 47.6 Å². The Morgan fingerprint density at radius 3 is 2.00 bits per heavy atom. The molecule has 2 heterocycles. The van der Waals surface area contributed by atoms with Crippen LogP contribution in [0.25, 0.3) is 32.8 Å². The summed E-state index contributed by atoms with van der Waals surface area (Å²) in [6.45, 7) is 15.3. The summed E-state index contributed by atoms with van der Waals surface area (Å²) in [5, 5.41) is 2.09. The zero-order valence-electron chi connectivity index (χ0n) is 29.8. The van der Waals surface area contributed by atoms with Crippen molar-refractivity contribution in [1.29, 1.82) is 0 Å². The van der Waals surface area contributed by atoms with Gasteiger partial charge in [0.2, 0.25) is 0 Å². The maximum absolute atomic E-state index is 7.89. The fourth-order valence-corrected chi connectivity index (χ4v) is 8.64. The predicted molar refractivity (Wildman–Crippen MR) is 203 cm³/mol. The number of nitrogens with zero attached hydrogens (tertiary/aromatic N) is 2. The molecule has 0 unspecified atom stereocenters. The highest BCUT2D eigenvalue weighted by atomic mass is 16.5. The lowest BCUT2D eigenvalue weighted by atomic mass is 9.71. The highest BCUT2D eigenvalue weighted by Gasteiger charge is 2.47. The van der Waals surface area contributed by atoms with Crippen LogP contribution < -0.4 is 23.8 Å². The Morgan fingerprint density at radius 2 is 1.43 bits per heavy atom. The van der Waals surface area contributed by atoms with Gasteiger partial charge in [0.05, 0.1) is 46.8 Å². The molecule has 8 rings (SSSR count). The largest absolute Gasteiger partial charge is 0.497 e. The molecular weight excluding hydrogens is 636 g/mol. The van der Waals surface area contributed by atoms with E-state index in [1.165, 1.54) is 22.3 Å². The van der Waals surface area contributed by atoms with Gasteiger partial charge in [0.15, 0.2) is 11.3 Å². The molecule has 51 heavy (non-hydrogen) atoms. The van der Waals surface area contributed by atoms with Crippen LogP contribution in [0, 0.1) is 6.57 Å². The van der Waals surface area contributed by atoms with Crippen LogP contribution in [0.1, 0.15) is 54.5 Å². The summed E-state index contributed by atoms with van der Waals surface area (Å²) in [6.07, 6.45) is 6.24. The van der Waals surface area contributed by atoms with Gasteiger partial charge in [-0.3, -0.25) is 0 Å². The Labute approximate surface area is 299 Å². The molecular formula is C44H42N2O5. The Bertz CT molecular complexity index is 2160. The predicted octanol–water partition coefficient (Wildman–Crippen LogP) is 9.69. The van der Waals surface area contributed by atoms with Gasteiger partial charge in [-0.1, -0.05) is 62.4 Å². The minimum Gasteiger partial charge on any atom is -0.497 e. The Kier molecular flexibility index (Phi) is 8.16. The summed E-state index contributed by atoms with van der Waals surface area (Å²) >= 11 is 0. The van der Waals surface area contributed by atoms with Gasteiger partial charge >= 0.3 is 0 Å². The van der Waals surface area contributed by atoms with Crippen molar-refractivity contribution < 1.29 is 23.7 Å². The van der Waals surface area contributed by atoms with Gasteiger partial charge in [0.1, 0.15) is 23.0 Å². The third-order valence-electron chi connectivity index (χ3n) is 11.3. The van der Waals surface area contributed by atoms with Crippen LogP contribution in [0.3, 0.4) is 0 Å². The van der Waals surface area contributed by atoms with Crippen LogP contribution in [0.5, 0.6) is 23.0 Å². The van der Waals surface area contributed by atoms with Gasteiger partial charge in [-0.15, -0.1) is 0 Å². The fourth-order valence-electron chi connectivity index (χ4n) is 8.64. The second kappa shape index (κ2) is 12.7. The normalized spacial score (nSPS) is 16.4. The molecule has 0 radical (unpaired) electrons. The van der Waals surface area contributed by atoms with Crippen molar-refractivity contribution in [3.63, 3.8) is 0 Å². The summed E-state index contributed by atoms with van der Waals surface area (Å²) < 4.78 is 30.6. The van der Waals surface area contributed by atoms with E-state index in [1.54, 1.807) is 21.3 Å². The molecule has 258 valence electrons. The number of fused-ring (bicyclic) bond motifs is 8. The van der Waals surface area contributed by atoms with Gasteiger partial charge < -0.3 is 28.6 Å². The summed E-state index contributed by atoms with van der Waals surface area (Å²) in [4.78, 5) is 6.22. The first kappa shape index (κ1) is 32.7. The van der Waals surface area contributed by atoms with E-state index >= 15 is 0 Å². The molecule has 0 bridgehead atoms. The Morgan fingerprint density at radius 1 is 0.784 bits per heavy atom. The van der Waals surface area contributed by atoms with Crippen LogP contribution in [-0.2, 0) is 15.8 Å². The quantitative estimate of drug-likeness (QED) is 0.152. The topological polar surface area (TPSA) is 53.8 Å². The van der Waals surface area contributed by atoms with Gasteiger partial charge in [-0.05, 0) is 83.0 Å². The summed E-state index contributed by atoms with van der Waals surface area (Å²) in [6, 6.07) is 26.9. The highest BCUT2D eigenvalue weighted by Crippen LogP contribution is 2.61. The Balaban J connectivity index is 1.47. The van der Waals surface area contributed by atoms with Crippen LogP contribution >= 0.6 is 0 Å². The molecule has 0 spiro atoms.